The highest BCUT2D eigenvalue weighted by atomic mass is 16.5. The number of nitrogens with zero attached hydrogens (tertiary/aromatic N) is 3. The molecule has 2 rings (SSSR count). The number of nitriles is 1. The third-order valence-electron chi connectivity index (χ3n) is 2.42. The summed E-state index contributed by atoms with van der Waals surface area (Å²) in [5, 5.41) is 15.7. The molecule has 0 spiro atoms. The maximum atomic E-state index is 8.76. The van der Waals surface area contributed by atoms with Crippen LogP contribution in [0.1, 0.15) is 17.3 Å². The lowest BCUT2D eigenvalue weighted by molar-refractivity contribution is 0.387. The van der Waals surface area contributed by atoms with Crippen molar-refractivity contribution in [2.45, 2.75) is 13.3 Å². The maximum Gasteiger partial charge on any atom is 0.223 e. The van der Waals surface area contributed by atoms with Crippen molar-refractivity contribution in [3.05, 3.63) is 35.5 Å². The standard InChI is InChI=1S/C12H13N5O/c1-8-16-12(17-18-8)4-5-15-10-3-2-9(7-13)11(14)6-10/h2-3,6,15H,4-5,14H2,1H3. The summed E-state index contributed by atoms with van der Waals surface area (Å²) in [6.45, 7) is 2.43. The van der Waals surface area contributed by atoms with E-state index in [2.05, 4.69) is 15.5 Å². The van der Waals surface area contributed by atoms with Gasteiger partial charge in [0.15, 0.2) is 5.82 Å². The Kier molecular flexibility index (Phi) is 3.44. The van der Waals surface area contributed by atoms with Crippen LogP contribution >= 0.6 is 0 Å². The molecule has 0 fully saturated rings. The highest BCUT2D eigenvalue weighted by Gasteiger charge is 2.03. The first-order chi connectivity index (χ1) is 8.69. The van der Waals surface area contributed by atoms with Crippen LogP contribution in [0.4, 0.5) is 11.4 Å². The molecule has 0 aliphatic carbocycles. The molecule has 3 N–H and O–H groups in total. The molecule has 1 heterocycles. The zero-order valence-electron chi connectivity index (χ0n) is 9.97. The van der Waals surface area contributed by atoms with Crippen LogP contribution in [0.25, 0.3) is 0 Å². The fourth-order valence-corrected chi connectivity index (χ4v) is 1.54. The summed E-state index contributed by atoms with van der Waals surface area (Å²) in [5.41, 5.74) is 7.53. The van der Waals surface area contributed by atoms with Crippen LogP contribution < -0.4 is 11.1 Å². The van der Waals surface area contributed by atoms with Gasteiger partial charge in [0.25, 0.3) is 0 Å². The number of nitrogens with two attached hydrogens (primary N) is 1. The summed E-state index contributed by atoms with van der Waals surface area (Å²) >= 11 is 0. The molecule has 92 valence electrons. The van der Waals surface area contributed by atoms with Crippen LogP contribution in [0.5, 0.6) is 0 Å². The van der Waals surface area contributed by atoms with Gasteiger partial charge in [-0.2, -0.15) is 10.2 Å². The van der Waals surface area contributed by atoms with Crippen molar-refractivity contribution in [2.75, 3.05) is 17.6 Å². The average Bonchev–Trinajstić information content (AvgIpc) is 2.75. The zero-order chi connectivity index (χ0) is 13.0. The monoisotopic (exact) mass is 243 g/mol. The van der Waals surface area contributed by atoms with E-state index >= 15 is 0 Å². The molecule has 6 nitrogen and oxygen atoms in total. The summed E-state index contributed by atoms with van der Waals surface area (Å²) in [5.74, 6) is 1.23. The first kappa shape index (κ1) is 11.9. The zero-order valence-corrected chi connectivity index (χ0v) is 9.97. The molecule has 0 atom stereocenters. The Hall–Kier alpha value is -2.55. The highest BCUT2D eigenvalue weighted by molar-refractivity contribution is 5.62. The Morgan fingerprint density at radius 3 is 2.94 bits per heavy atom. The van der Waals surface area contributed by atoms with E-state index in [1.807, 2.05) is 12.1 Å². The van der Waals surface area contributed by atoms with Crippen molar-refractivity contribution in [1.29, 1.82) is 5.26 Å². The molecule has 1 aromatic heterocycles. The number of hydrogen-bond donors (Lipinski definition) is 2. The lowest BCUT2D eigenvalue weighted by Crippen LogP contribution is -2.06. The van der Waals surface area contributed by atoms with E-state index in [0.29, 0.717) is 35.9 Å². The van der Waals surface area contributed by atoms with Crippen LogP contribution in [0.2, 0.25) is 0 Å². The van der Waals surface area contributed by atoms with Crippen LogP contribution in [-0.4, -0.2) is 16.7 Å². The minimum absolute atomic E-state index is 0.470. The first-order valence-electron chi connectivity index (χ1n) is 5.51. The number of hydrogen-bond acceptors (Lipinski definition) is 6. The quantitative estimate of drug-likeness (QED) is 0.789. The van der Waals surface area contributed by atoms with E-state index < -0.39 is 0 Å². The SMILES string of the molecule is Cc1nc(CCNc2ccc(C#N)c(N)c2)no1. The summed E-state index contributed by atoms with van der Waals surface area (Å²) in [6, 6.07) is 7.26. The third kappa shape index (κ3) is 2.77. The molecule has 18 heavy (non-hydrogen) atoms. The van der Waals surface area contributed by atoms with Crippen molar-refractivity contribution in [3.63, 3.8) is 0 Å². The van der Waals surface area contributed by atoms with E-state index in [4.69, 9.17) is 15.5 Å². The van der Waals surface area contributed by atoms with Gasteiger partial charge in [-0.1, -0.05) is 5.16 Å². The van der Waals surface area contributed by atoms with Crippen LogP contribution in [0.15, 0.2) is 22.7 Å². The van der Waals surface area contributed by atoms with Gasteiger partial charge in [0.05, 0.1) is 11.3 Å². The predicted octanol–water partition coefficient (Wildman–Crippen LogP) is 1.49. The fraction of sp³-hybridized carbons (Fsp3) is 0.250. The number of rotatable bonds is 4. The molecule has 0 aliphatic heterocycles. The molecule has 0 aliphatic rings. The van der Waals surface area contributed by atoms with Crippen molar-refractivity contribution >= 4 is 11.4 Å². The molecule has 2 aromatic rings. The van der Waals surface area contributed by atoms with Crippen molar-refractivity contribution in [1.82, 2.24) is 10.1 Å². The first-order valence-corrected chi connectivity index (χ1v) is 5.51. The normalized spacial score (nSPS) is 10.0. The molecular formula is C12H13N5O. The van der Waals surface area contributed by atoms with E-state index in [9.17, 15) is 0 Å². The summed E-state index contributed by atoms with van der Waals surface area (Å²) in [4.78, 5) is 4.10. The molecule has 0 saturated carbocycles. The highest BCUT2D eigenvalue weighted by Crippen LogP contribution is 2.16. The smallest absolute Gasteiger partial charge is 0.223 e. The Labute approximate surface area is 104 Å². The summed E-state index contributed by atoms with van der Waals surface area (Å²) < 4.78 is 4.87. The Morgan fingerprint density at radius 1 is 1.50 bits per heavy atom. The Morgan fingerprint density at radius 2 is 2.33 bits per heavy atom. The van der Waals surface area contributed by atoms with Gasteiger partial charge in [0.1, 0.15) is 6.07 Å². The van der Waals surface area contributed by atoms with Gasteiger partial charge in [0.2, 0.25) is 5.89 Å². The van der Waals surface area contributed by atoms with Gasteiger partial charge in [-0.25, -0.2) is 0 Å². The molecule has 0 amide bonds. The average molecular weight is 243 g/mol. The number of anilines is 2. The summed E-state index contributed by atoms with van der Waals surface area (Å²) in [6.07, 6.45) is 0.664. The van der Waals surface area contributed by atoms with Crippen molar-refractivity contribution in [3.8, 4) is 6.07 Å². The second kappa shape index (κ2) is 5.19. The van der Waals surface area contributed by atoms with Gasteiger partial charge >= 0.3 is 0 Å². The minimum atomic E-state index is 0.470. The van der Waals surface area contributed by atoms with E-state index in [-0.39, 0.29) is 0 Å². The maximum absolute atomic E-state index is 8.76. The van der Waals surface area contributed by atoms with Crippen LogP contribution in [-0.2, 0) is 6.42 Å². The topological polar surface area (TPSA) is 101 Å². The second-order valence-corrected chi connectivity index (χ2v) is 3.82. The molecule has 0 radical (unpaired) electrons. The van der Waals surface area contributed by atoms with Crippen LogP contribution in [0, 0.1) is 18.3 Å². The summed E-state index contributed by atoms with van der Waals surface area (Å²) in [7, 11) is 0. The van der Waals surface area contributed by atoms with Gasteiger partial charge in [0, 0.05) is 25.6 Å². The van der Waals surface area contributed by atoms with E-state index in [0.717, 1.165) is 5.69 Å². The Balaban J connectivity index is 1.91. The van der Waals surface area contributed by atoms with E-state index in [1.165, 1.54) is 0 Å². The lowest BCUT2D eigenvalue weighted by Gasteiger charge is -2.06. The largest absolute Gasteiger partial charge is 0.398 e. The van der Waals surface area contributed by atoms with Crippen LogP contribution in [0.3, 0.4) is 0 Å². The van der Waals surface area contributed by atoms with Gasteiger partial charge in [-0.3, -0.25) is 0 Å². The fourth-order valence-electron chi connectivity index (χ4n) is 1.54. The van der Waals surface area contributed by atoms with Crippen molar-refractivity contribution < 1.29 is 4.52 Å². The van der Waals surface area contributed by atoms with Crippen molar-refractivity contribution in [2.24, 2.45) is 0 Å². The lowest BCUT2D eigenvalue weighted by atomic mass is 10.2. The van der Waals surface area contributed by atoms with Gasteiger partial charge < -0.3 is 15.6 Å². The molecule has 0 saturated heterocycles. The number of aromatic nitrogens is 2. The van der Waals surface area contributed by atoms with Gasteiger partial charge in [-0.15, -0.1) is 0 Å². The minimum Gasteiger partial charge on any atom is -0.398 e. The Bertz CT molecular complexity index is 584. The van der Waals surface area contributed by atoms with E-state index in [1.54, 1.807) is 19.1 Å². The number of nitrogens with one attached hydrogen (secondary N) is 1. The molecule has 0 unspecified atom stereocenters. The third-order valence-corrected chi connectivity index (χ3v) is 2.42. The molecule has 6 heteroatoms. The number of benzene rings is 1. The molecule has 0 bridgehead atoms. The van der Waals surface area contributed by atoms with Gasteiger partial charge in [-0.05, 0) is 18.2 Å². The second-order valence-electron chi connectivity index (χ2n) is 3.82. The number of nitrogen functional groups attached to an aromatic ring is 1. The number of aryl methyl sites for hydroxylation is 1. The molecule has 1 aromatic carbocycles. The predicted molar refractivity (Wildman–Crippen MR) is 66.8 cm³/mol. The molecular weight excluding hydrogens is 230 g/mol.